The first kappa shape index (κ1) is 17.0. The molecular weight excluding hydrogens is 305 g/mol. The number of pyridine rings is 1. The van der Waals surface area contributed by atoms with Crippen LogP contribution in [0.4, 0.5) is 5.69 Å². The zero-order chi connectivity index (χ0) is 17.5. The van der Waals surface area contributed by atoms with Gasteiger partial charge in [-0.3, -0.25) is 9.78 Å². The van der Waals surface area contributed by atoms with Gasteiger partial charge in [-0.2, -0.15) is 0 Å². The van der Waals surface area contributed by atoms with Gasteiger partial charge in [-0.05, 0) is 46.2 Å². The van der Waals surface area contributed by atoms with Crippen LogP contribution < -0.4 is 10.9 Å². The van der Waals surface area contributed by atoms with E-state index in [1.165, 1.54) is 0 Å². The molecule has 1 aliphatic rings. The SMILES string of the molecule is CCCC(=O)Nc1c[nH]c2ccc(B3OC(C)(C)C(C)(C)O3)nc12. The zero-order valence-electron chi connectivity index (χ0n) is 14.9. The number of aromatic nitrogens is 2. The number of rotatable bonds is 4. The molecule has 0 aliphatic carbocycles. The Labute approximate surface area is 142 Å². The molecule has 7 heteroatoms. The van der Waals surface area contributed by atoms with Gasteiger partial charge < -0.3 is 19.6 Å². The molecule has 1 fully saturated rings. The van der Waals surface area contributed by atoms with E-state index in [0.717, 1.165) is 11.9 Å². The average molecular weight is 329 g/mol. The molecule has 0 atom stereocenters. The predicted octanol–water partition coefficient (Wildman–Crippen LogP) is 2.60. The number of nitrogens with one attached hydrogen (secondary N) is 2. The van der Waals surface area contributed by atoms with Crippen molar-refractivity contribution in [1.82, 2.24) is 9.97 Å². The van der Waals surface area contributed by atoms with Crippen molar-refractivity contribution in [1.29, 1.82) is 0 Å². The summed E-state index contributed by atoms with van der Waals surface area (Å²) < 4.78 is 12.1. The van der Waals surface area contributed by atoms with E-state index < -0.39 is 18.3 Å². The molecule has 2 aromatic heterocycles. The normalized spacial score (nSPS) is 19.0. The molecule has 0 radical (unpaired) electrons. The predicted molar refractivity (Wildman–Crippen MR) is 95.3 cm³/mol. The van der Waals surface area contributed by atoms with Gasteiger partial charge in [-0.1, -0.05) is 6.92 Å². The van der Waals surface area contributed by atoms with Crippen LogP contribution >= 0.6 is 0 Å². The zero-order valence-corrected chi connectivity index (χ0v) is 14.9. The van der Waals surface area contributed by atoms with E-state index in [4.69, 9.17) is 9.31 Å². The highest BCUT2D eigenvalue weighted by molar-refractivity contribution is 6.61. The van der Waals surface area contributed by atoms with E-state index in [-0.39, 0.29) is 5.91 Å². The molecule has 1 saturated heterocycles. The lowest BCUT2D eigenvalue weighted by molar-refractivity contribution is -0.116. The van der Waals surface area contributed by atoms with Gasteiger partial charge in [0.25, 0.3) is 0 Å². The van der Waals surface area contributed by atoms with Gasteiger partial charge in [0.15, 0.2) is 0 Å². The van der Waals surface area contributed by atoms with Gasteiger partial charge in [0.1, 0.15) is 5.52 Å². The Morgan fingerprint density at radius 2 is 1.92 bits per heavy atom. The summed E-state index contributed by atoms with van der Waals surface area (Å²) in [6, 6.07) is 3.82. The number of anilines is 1. The lowest BCUT2D eigenvalue weighted by Crippen LogP contribution is -2.41. The Kier molecular flexibility index (Phi) is 4.17. The molecule has 6 nitrogen and oxygen atoms in total. The fraction of sp³-hybridized carbons (Fsp3) is 0.529. The van der Waals surface area contributed by atoms with E-state index in [1.807, 2.05) is 46.8 Å². The quantitative estimate of drug-likeness (QED) is 0.846. The first-order valence-electron chi connectivity index (χ1n) is 8.37. The Hall–Kier alpha value is -1.86. The van der Waals surface area contributed by atoms with Crippen molar-refractivity contribution in [3.63, 3.8) is 0 Å². The Bertz CT molecular complexity index is 754. The van der Waals surface area contributed by atoms with Crippen molar-refractivity contribution in [2.24, 2.45) is 0 Å². The Balaban J connectivity index is 1.90. The number of carbonyl (C=O) groups is 1. The fourth-order valence-corrected chi connectivity index (χ4v) is 2.64. The van der Waals surface area contributed by atoms with Gasteiger partial charge in [0.2, 0.25) is 5.91 Å². The molecule has 128 valence electrons. The number of hydrogen-bond acceptors (Lipinski definition) is 4. The third kappa shape index (κ3) is 2.94. The van der Waals surface area contributed by atoms with Crippen molar-refractivity contribution in [2.75, 3.05) is 5.32 Å². The summed E-state index contributed by atoms with van der Waals surface area (Å²) in [5.74, 6) is -0.0127. The molecule has 0 spiro atoms. The summed E-state index contributed by atoms with van der Waals surface area (Å²) in [6.07, 6.45) is 3.06. The molecule has 0 saturated carbocycles. The second kappa shape index (κ2) is 5.90. The van der Waals surface area contributed by atoms with E-state index in [0.29, 0.717) is 23.2 Å². The molecule has 24 heavy (non-hydrogen) atoms. The van der Waals surface area contributed by atoms with Crippen molar-refractivity contribution >= 4 is 35.3 Å². The van der Waals surface area contributed by atoms with Crippen LogP contribution in [-0.4, -0.2) is 34.2 Å². The molecule has 2 N–H and O–H groups in total. The van der Waals surface area contributed by atoms with E-state index in [2.05, 4.69) is 15.3 Å². The van der Waals surface area contributed by atoms with Crippen molar-refractivity contribution in [2.45, 2.75) is 58.7 Å². The van der Waals surface area contributed by atoms with Gasteiger partial charge in [-0.25, -0.2) is 0 Å². The fourth-order valence-electron chi connectivity index (χ4n) is 2.64. The minimum atomic E-state index is -0.520. The molecule has 1 aliphatic heterocycles. The maximum atomic E-state index is 11.9. The standard InChI is InChI=1S/C17H24BN3O3/c1-6-7-14(22)20-12-10-19-11-8-9-13(21-15(11)12)18-23-16(2,3)17(4,5)24-18/h8-10,19H,6-7H2,1-5H3,(H,20,22). The highest BCUT2D eigenvalue weighted by atomic mass is 16.7. The Morgan fingerprint density at radius 1 is 1.25 bits per heavy atom. The van der Waals surface area contributed by atoms with Gasteiger partial charge in [-0.15, -0.1) is 0 Å². The number of nitrogens with zero attached hydrogens (tertiary/aromatic N) is 1. The molecule has 3 rings (SSSR count). The minimum Gasteiger partial charge on any atom is -0.398 e. The van der Waals surface area contributed by atoms with Crippen LogP contribution in [0.3, 0.4) is 0 Å². The lowest BCUT2D eigenvalue weighted by Gasteiger charge is -2.32. The van der Waals surface area contributed by atoms with Crippen LogP contribution in [0.2, 0.25) is 0 Å². The molecule has 0 aromatic carbocycles. The summed E-state index contributed by atoms with van der Waals surface area (Å²) in [7, 11) is -0.520. The van der Waals surface area contributed by atoms with Gasteiger partial charge in [0, 0.05) is 12.6 Å². The average Bonchev–Trinajstić information content (AvgIpc) is 2.97. The third-order valence-corrected chi connectivity index (χ3v) is 4.79. The number of amides is 1. The number of carbonyl (C=O) groups excluding carboxylic acids is 1. The summed E-state index contributed by atoms with van der Waals surface area (Å²) >= 11 is 0. The maximum Gasteiger partial charge on any atom is 0.514 e. The Morgan fingerprint density at radius 3 is 2.54 bits per heavy atom. The summed E-state index contributed by atoms with van der Waals surface area (Å²) in [4.78, 5) is 19.7. The molecule has 2 aromatic rings. The number of fused-ring (bicyclic) bond motifs is 1. The number of H-pyrrole nitrogens is 1. The minimum absolute atomic E-state index is 0.0127. The largest absolute Gasteiger partial charge is 0.514 e. The van der Waals surface area contributed by atoms with Crippen LogP contribution in [0.15, 0.2) is 18.3 Å². The first-order chi connectivity index (χ1) is 11.2. The summed E-state index contributed by atoms with van der Waals surface area (Å²) in [5.41, 5.74) is 2.14. The first-order valence-corrected chi connectivity index (χ1v) is 8.37. The smallest absolute Gasteiger partial charge is 0.398 e. The van der Waals surface area contributed by atoms with Crippen molar-refractivity contribution in [3.05, 3.63) is 18.3 Å². The molecule has 0 bridgehead atoms. The van der Waals surface area contributed by atoms with Crippen LogP contribution in [0.1, 0.15) is 47.5 Å². The van der Waals surface area contributed by atoms with E-state index in [1.54, 1.807) is 6.20 Å². The van der Waals surface area contributed by atoms with Gasteiger partial charge >= 0.3 is 7.12 Å². The molecule has 0 unspecified atom stereocenters. The monoisotopic (exact) mass is 329 g/mol. The number of hydrogen-bond donors (Lipinski definition) is 2. The van der Waals surface area contributed by atoms with Crippen LogP contribution in [-0.2, 0) is 14.1 Å². The van der Waals surface area contributed by atoms with Crippen LogP contribution in [0.25, 0.3) is 11.0 Å². The van der Waals surface area contributed by atoms with Crippen molar-refractivity contribution < 1.29 is 14.1 Å². The second-order valence-electron chi connectivity index (χ2n) is 7.22. The third-order valence-electron chi connectivity index (χ3n) is 4.79. The lowest BCUT2D eigenvalue weighted by atomic mass is 9.84. The summed E-state index contributed by atoms with van der Waals surface area (Å²) in [5, 5.41) is 2.90. The second-order valence-corrected chi connectivity index (χ2v) is 7.22. The van der Waals surface area contributed by atoms with Crippen LogP contribution in [0, 0.1) is 0 Å². The molecule has 1 amide bonds. The van der Waals surface area contributed by atoms with E-state index >= 15 is 0 Å². The summed E-state index contributed by atoms with van der Waals surface area (Å²) in [6.45, 7) is 10.0. The van der Waals surface area contributed by atoms with Crippen molar-refractivity contribution in [3.8, 4) is 0 Å². The maximum absolute atomic E-state index is 11.9. The number of aromatic amines is 1. The highest BCUT2D eigenvalue weighted by Gasteiger charge is 2.52. The molecule has 3 heterocycles. The van der Waals surface area contributed by atoms with Crippen LogP contribution in [0.5, 0.6) is 0 Å². The van der Waals surface area contributed by atoms with Gasteiger partial charge in [0.05, 0.1) is 28.0 Å². The van der Waals surface area contributed by atoms with E-state index in [9.17, 15) is 4.79 Å². The molecular formula is C17H24BN3O3. The topological polar surface area (TPSA) is 76.2 Å². The highest BCUT2D eigenvalue weighted by Crippen LogP contribution is 2.36.